The maximum atomic E-state index is 9.89. The third-order valence-corrected chi connectivity index (χ3v) is 0.269. The minimum atomic E-state index is -0.290. The molecule has 0 saturated carbocycles. The number of amides is 1. The Balaban J connectivity index is 2.82. The molecular formula is C3H7NO3. The van der Waals surface area contributed by atoms with Gasteiger partial charge in [-0.25, -0.2) is 10.4 Å². The van der Waals surface area contributed by atoms with E-state index in [0.717, 1.165) is 0 Å². The molecule has 0 aliphatic carbocycles. The minimum absolute atomic E-state index is 0.290. The minimum Gasteiger partial charge on any atom is -0.273 e. The van der Waals surface area contributed by atoms with Crippen LogP contribution in [-0.4, -0.2) is 13.0 Å². The van der Waals surface area contributed by atoms with Gasteiger partial charge in [0.15, 0.2) is 0 Å². The standard InChI is InChI=1S/C3H7NO3/c1-3(5)4-7-6-2/h1-2H3,(H,4,5). The summed E-state index contributed by atoms with van der Waals surface area (Å²) >= 11 is 0. The predicted molar refractivity (Wildman–Crippen MR) is 21.9 cm³/mol. The van der Waals surface area contributed by atoms with Gasteiger partial charge in [-0.05, 0) is 0 Å². The molecule has 0 aromatic carbocycles. The zero-order valence-corrected chi connectivity index (χ0v) is 4.22. The number of nitrogens with one attached hydrogen (secondary N) is 1. The van der Waals surface area contributed by atoms with E-state index in [9.17, 15) is 4.79 Å². The molecule has 0 bridgehead atoms. The number of hydrogen-bond acceptors (Lipinski definition) is 3. The highest BCUT2D eigenvalue weighted by atomic mass is 17.3. The summed E-state index contributed by atoms with van der Waals surface area (Å²) in [7, 11) is 1.30. The van der Waals surface area contributed by atoms with Gasteiger partial charge < -0.3 is 0 Å². The molecule has 0 spiro atoms. The zero-order chi connectivity index (χ0) is 5.70. The Hall–Kier alpha value is -0.610. The summed E-state index contributed by atoms with van der Waals surface area (Å²) in [5.41, 5.74) is 1.93. The van der Waals surface area contributed by atoms with Crippen molar-refractivity contribution in [1.82, 2.24) is 5.48 Å². The lowest BCUT2D eigenvalue weighted by Crippen LogP contribution is -2.19. The number of rotatable bonds is 2. The summed E-state index contributed by atoms with van der Waals surface area (Å²) in [4.78, 5) is 17.9. The van der Waals surface area contributed by atoms with Crippen molar-refractivity contribution in [2.24, 2.45) is 0 Å². The van der Waals surface area contributed by atoms with Crippen LogP contribution < -0.4 is 5.48 Å². The molecule has 0 heterocycles. The van der Waals surface area contributed by atoms with Crippen LogP contribution in [0, 0.1) is 0 Å². The molecule has 42 valence electrons. The van der Waals surface area contributed by atoms with Crippen LogP contribution in [0.1, 0.15) is 6.92 Å². The lowest BCUT2D eigenvalue weighted by molar-refractivity contribution is -0.309. The lowest BCUT2D eigenvalue weighted by atomic mass is 10.8. The van der Waals surface area contributed by atoms with E-state index in [1.807, 2.05) is 5.48 Å². The van der Waals surface area contributed by atoms with Gasteiger partial charge in [-0.1, -0.05) is 0 Å². The van der Waals surface area contributed by atoms with Crippen molar-refractivity contribution in [3.63, 3.8) is 0 Å². The Morgan fingerprint density at radius 2 is 2.29 bits per heavy atom. The summed E-state index contributed by atoms with van der Waals surface area (Å²) in [5, 5.41) is 0. The molecule has 0 aliphatic rings. The SMILES string of the molecule is COONC(C)=O. The number of hydrogen-bond donors (Lipinski definition) is 1. The molecule has 0 radical (unpaired) electrons. The first-order valence-electron chi connectivity index (χ1n) is 1.73. The Morgan fingerprint density at radius 3 is 2.43 bits per heavy atom. The highest BCUT2D eigenvalue weighted by Gasteiger charge is 1.84. The van der Waals surface area contributed by atoms with Crippen LogP contribution in [0.15, 0.2) is 0 Å². The Morgan fingerprint density at radius 1 is 1.71 bits per heavy atom. The second-order valence-corrected chi connectivity index (χ2v) is 0.908. The number of hydroxylamine groups is 1. The van der Waals surface area contributed by atoms with Gasteiger partial charge >= 0.3 is 0 Å². The van der Waals surface area contributed by atoms with E-state index in [0.29, 0.717) is 0 Å². The predicted octanol–water partition coefficient (Wildman–Crippen LogP) is -0.385. The summed E-state index contributed by atoms with van der Waals surface area (Å²) in [5.74, 6) is -0.290. The molecule has 0 saturated heterocycles. The Kier molecular flexibility index (Phi) is 3.26. The first-order valence-corrected chi connectivity index (χ1v) is 1.73. The van der Waals surface area contributed by atoms with Crippen molar-refractivity contribution in [3.8, 4) is 0 Å². The Bertz CT molecular complexity index is 63.2. The van der Waals surface area contributed by atoms with Gasteiger partial charge in [-0.3, -0.25) is 4.79 Å². The van der Waals surface area contributed by atoms with Crippen molar-refractivity contribution < 1.29 is 14.7 Å². The van der Waals surface area contributed by atoms with Gasteiger partial charge in [0, 0.05) is 6.92 Å². The van der Waals surface area contributed by atoms with Crippen molar-refractivity contribution in [3.05, 3.63) is 0 Å². The van der Waals surface area contributed by atoms with Crippen LogP contribution in [0.2, 0.25) is 0 Å². The second kappa shape index (κ2) is 3.58. The molecule has 0 rings (SSSR count). The summed E-state index contributed by atoms with van der Waals surface area (Å²) in [6, 6.07) is 0. The fourth-order valence-corrected chi connectivity index (χ4v) is 0.100. The van der Waals surface area contributed by atoms with Gasteiger partial charge in [0.1, 0.15) is 0 Å². The smallest absolute Gasteiger partial charge is 0.242 e. The monoisotopic (exact) mass is 105 g/mol. The largest absolute Gasteiger partial charge is 0.273 e. The normalized spacial score (nSPS) is 8.29. The van der Waals surface area contributed by atoms with Crippen LogP contribution in [-0.2, 0) is 14.7 Å². The molecule has 7 heavy (non-hydrogen) atoms. The maximum Gasteiger partial charge on any atom is 0.242 e. The average Bonchev–Trinajstić information content (AvgIpc) is 1.61. The summed E-state index contributed by atoms with van der Waals surface area (Å²) in [6.07, 6.45) is 0. The third-order valence-electron chi connectivity index (χ3n) is 0.269. The van der Waals surface area contributed by atoms with Crippen molar-refractivity contribution in [2.75, 3.05) is 7.11 Å². The van der Waals surface area contributed by atoms with Crippen LogP contribution in [0.5, 0.6) is 0 Å². The summed E-state index contributed by atoms with van der Waals surface area (Å²) in [6.45, 7) is 1.32. The number of carbonyl (C=O) groups is 1. The van der Waals surface area contributed by atoms with E-state index in [-0.39, 0.29) is 5.91 Å². The van der Waals surface area contributed by atoms with Crippen LogP contribution in [0.4, 0.5) is 0 Å². The molecule has 0 aromatic heterocycles. The molecule has 0 fully saturated rings. The molecule has 0 unspecified atom stereocenters. The van der Waals surface area contributed by atoms with E-state index in [1.54, 1.807) is 0 Å². The average molecular weight is 105 g/mol. The van der Waals surface area contributed by atoms with Gasteiger partial charge in [-0.15, -0.1) is 4.99 Å². The topological polar surface area (TPSA) is 47.6 Å². The fraction of sp³-hybridized carbons (Fsp3) is 0.667. The van der Waals surface area contributed by atoms with Crippen LogP contribution in [0.25, 0.3) is 0 Å². The van der Waals surface area contributed by atoms with E-state index in [1.165, 1.54) is 14.0 Å². The Labute approximate surface area is 41.3 Å². The first-order chi connectivity index (χ1) is 3.27. The molecule has 0 aromatic rings. The van der Waals surface area contributed by atoms with Gasteiger partial charge in [0.05, 0.1) is 7.11 Å². The van der Waals surface area contributed by atoms with E-state index in [2.05, 4.69) is 9.88 Å². The maximum absolute atomic E-state index is 9.89. The molecule has 4 nitrogen and oxygen atoms in total. The van der Waals surface area contributed by atoms with E-state index >= 15 is 0 Å². The van der Waals surface area contributed by atoms with E-state index in [4.69, 9.17) is 0 Å². The fourth-order valence-electron chi connectivity index (χ4n) is 0.100. The highest BCUT2D eigenvalue weighted by Crippen LogP contribution is 1.62. The van der Waals surface area contributed by atoms with Crippen LogP contribution >= 0.6 is 0 Å². The molecular weight excluding hydrogens is 98.0 g/mol. The van der Waals surface area contributed by atoms with Gasteiger partial charge in [-0.2, -0.15) is 0 Å². The number of carbonyl (C=O) groups excluding carboxylic acids is 1. The van der Waals surface area contributed by atoms with Gasteiger partial charge in [0.2, 0.25) is 5.91 Å². The molecule has 0 aliphatic heterocycles. The zero-order valence-electron chi connectivity index (χ0n) is 4.22. The van der Waals surface area contributed by atoms with Crippen molar-refractivity contribution in [1.29, 1.82) is 0 Å². The summed E-state index contributed by atoms with van der Waals surface area (Å²) < 4.78 is 0. The van der Waals surface area contributed by atoms with Gasteiger partial charge in [0.25, 0.3) is 0 Å². The highest BCUT2D eigenvalue weighted by molar-refractivity contribution is 5.71. The van der Waals surface area contributed by atoms with Crippen molar-refractivity contribution in [2.45, 2.75) is 6.92 Å². The molecule has 1 N–H and O–H groups in total. The van der Waals surface area contributed by atoms with Crippen LogP contribution in [0.3, 0.4) is 0 Å². The third kappa shape index (κ3) is 5.39. The molecule has 0 atom stereocenters. The second-order valence-electron chi connectivity index (χ2n) is 0.908. The lowest BCUT2D eigenvalue weighted by Gasteiger charge is -1.93. The molecule has 1 amide bonds. The van der Waals surface area contributed by atoms with E-state index < -0.39 is 0 Å². The molecule has 4 heteroatoms. The first kappa shape index (κ1) is 6.39. The quantitative estimate of drug-likeness (QED) is 0.384. The van der Waals surface area contributed by atoms with Crippen molar-refractivity contribution >= 4 is 5.91 Å².